The van der Waals surface area contributed by atoms with Crippen LogP contribution in [0.15, 0.2) is 18.2 Å². The number of hydrogen-bond donors (Lipinski definition) is 1. The van der Waals surface area contributed by atoms with Crippen LogP contribution in [0.4, 0.5) is 14.5 Å². The molecule has 1 aliphatic heterocycles. The Balaban J connectivity index is 1.64. The number of halogens is 2. The van der Waals surface area contributed by atoms with E-state index in [1.165, 1.54) is 6.07 Å². The molecule has 1 amide bonds. The molecule has 1 aliphatic carbocycles. The second-order valence-electron chi connectivity index (χ2n) is 7.21. The number of hydrogen-bond acceptors (Lipinski definition) is 3. The van der Waals surface area contributed by atoms with Crippen molar-refractivity contribution in [3.63, 3.8) is 0 Å². The first kappa shape index (κ1) is 17.1. The third kappa shape index (κ3) is 3.38. The summed E-state index contributed by atoms with van der Waals surface area (Å²) in [6.45, 7) is 4.00. The third-order valence-electron chi connectivity index (χ3n) is 5.39. The number of carbonyl (C=O) groups excluding carboxylic acids is 1. The molecule has 2 aliphatic rings. The normalized spacial score (nSPS) is 28.1. The first-order chi connectivity index (χ1) is 11.4. The predicted molar refractivity (Wildman–Crippen MR) is 89.7 cm³/mol. The molecule has 0 bridgehead atoms. The van der Waals surface area contributed by atoms with Crippen LogP contribution in [0.3, 0.4) is 0 Å². The van der Waals surface area contributed by atoms with E-state index in [-0.39, 0.29) is 17.5 Å². The lowest BCUT2D eigenvalue weighted by molar-refractivity contribution is -0.139. The fraction of sp³-hybridized carbons (Fsp3) is 0.611. The van der Waals surface area contributed by atoms with E-state index in [1.807, 2.05) is 11.8 Å². The van der Waals surface area contributed by atoms with Crippen LogP contribution in [-0.4, -0.2) is 42.5 Å². The van der Waals surface area contributed by atoms with Gasteiger partial charge in [-0.15, -0.1) is 0 Å². The lowest BCUT2D eigenvalue weighted by Gasteiger charge is -2.42. The summed E-state index contributed by atoms with van der Waals surface area (Å²) in [5.74, 6) is -0.910. The second kappa shape index (κ2) is 6.67. The molecule has 0 aromatic heterocycles. The monoisotopic (exact) mass is 337 g/mol. The van der Waals surface area contributed by atoms with Gasteiger partial charge in [-0.1, -0.05) is 12.8 Å². The van der Waals surface area contributed by atoms with Crippen LogP contribution in [-0.2, 0) is 4.79 Å². The fourth-order valence-corrected chi connectivity index (χ4v) is 3.88. The largest absolute Gasteiger partial charge is 0.366 e. The molecule has 132 valence electrons. The van der Waals surface area contributed by atoms with Crippen LogP contribution < -0.4 is 10.6 Å². The third-order valence-corrected chi connectivity index (χ3v) is 5.39. The van der Waals surface area contributed by atoms with Crippen LogP contribution in [0, 0.1) is 17.6 Å². The summed E-state index contributed by atoms with van der Waals surface area (Å²) in [5, 5.41) is 0. The molecule has 1 saturated carbocycles. The maximum absolute atomic E-state index is 13.9. The van der Waals surface area contributed by atoms with Gasteiger partial charge >= 0.3 is 0 Å². The van der Waals surface area contributed by atoms with E-state index in [1.54, 1.807) is 4.90 Å². The Morgan fingerprint density at radius 2 is 1.92 bits per heavy atom. The lowest BCUT2D eigenvalue weighted by atomic mass is 9.74. The van der Waals surface area contributed by atoms with Crippen LogP contribution in [0.5, 0.6) is 0 Å². The number of carbonyl (C=O) groups is 1. The summed E-state index contributed by atoms with van der Waals surface area (Å²) in [5.41, 5.74) is 6.16. The molecular formula is C18H25F2N3O. The molecule has 1 heterocycles. The highest BCUT2D eigenvalue weighted by Gasteiger charge is 2.40. The Labute approximate surface area is 141 Å². The summed E-state index contributed by atoms with van der Waals surface area (Å²) < 4.78 is 27.3. The minimum Gasteiger partial charge on any atom is -0.366 e. The van der Waals surface area contributed by atoms with Gasteiger partial charge in [-0.05, 0) is 31.9 Å². The summed E-state index contributed by atoms with van der Waals surface area (Å²) in [6.07, 6.45) is 3.82. The lowest BCUT2D eigenvalue weighted by Crippen LogP contribution is -2.57. The molecule has 1 aromatic carbocycles. The van der Waals surface area contributed by atoms with E-state index in [2.05, 4.69) is 0 Å². The standard InChI is InChI=1S/C18H25F2N3O/c1-18(21)7-3-2-4-14(18)17(24)23-10-8-22(9-11-23)16-12-13(19)5-6-15(16)20/h5-6,12,14H,2-4,7-11,21H2,1H3. The molecule has 1 saturated heterocycles. The van der Waals surface area contributed by atoms with E-state index < -0.39 is 17.2 Å². The highest BCUT2D eigenvalue weighted by molar-refractivity contribution is 5.80. The fourth-order valence-electron chi connectivity index (χ4n) is 3.88. The van der Waals surface area contributed by atoms with Crippen molar-refractivity contribution in [3.05, 3.63) is 29.8 Å². The molecular weight excluding hydrogens is 312 g/mol. The van der Waals surface area contributed by atoms with E-state index >= 15 is 0 Å². The van der Waals surface area contributed by atoms with Gasteiger partial charge in [0.1, 0.15) is 11.6 Å². The van der Waals surface area contributed by atoms with Crippen molar-refractivity contribution < 1.29 is 13.6 Å². The molecule has 2 fully saturated rings. The minimum atomic E-state index is -0.453. The molecule has 6 heteroatoms. The first-order valence-electron chi connectivity index (χ1n) is 8.66. The Morgan fingerprint density at radius 1 is 1.21 bits per heavy atom. The van der Waals surface area contributed by atoms with Crippen molar-refractivity contribution in [1.82, 2.24) is 4.90 Å². The number of nitrogens with two attached hydrogens (primary N) is 1. The topological polar surface area (TPSA) is 49.6 Å². The molecule has 0 radical (unpaired) electrons. The van der Waals surface area contributed by atoms with Gasteiger partial charge in [-0.25, -0.2) is 8.78 Å². The number of amides is 1. The summed E-state index contributed by atoms with van der Waals surface area (Å²) in [6, 6.07) is 3.47. The number of anilines is 1. The number of piperazine rings is 1. The van der Waals surface area contributed by atoms with E-state index in [0.717, 1.165) is 37.8 Å². The van der Waals surface area contributed by atoms with E-state index in [9.17, 15) is 13.6 Å². The Kier molecular flexibility index (Phi) is 4.76. The molecule has 4 nitrogen and oxygen atoms in total. The zero-order chi connectivity index (χ0) is 17.3. The van der Waals surface area contributed by atoms with Crippen LogP contribution in [0.1, 0.15) is 32.6 Å². The van der Waals surface area contributed by atoms with Crippen molar-refractivity contribution >= 4 is 11.6 Å². The van der Waals surface area contributed by atoms with Crippen molar-refractivity contribution in [2.24, 2.45) is 11.7 Å². The van der Waals surface area contributed by atoms with Gasteiger partial charge in [0.2, 0.25) is 5.91 Å². The van der Waals surface area contributed by atoms with E-state index in [4.69, 9.17) is 5.73 Å². The average molecular weight is 337 g/mol. The smallest absolute Gasteiger partial charge is 0.227 e. The summed E-state index contributed by atoms with van der Waals surface area (Å²) in [7, 11) is 0. The molecule has 2 unspecified atom stereocenters. The van der Waals surface area contributed by atoms with Crippen LogP contribution >= 0.6 is 0 Å². The molecule has 3 rings (SSSR count). The minimum absolute atomic E-state index is 0.110. The maximum Gasteiger partial charge on any atom is 0.227 e. The Hall–Kier alpha value is -1.69. The second-order valence-corrected chi connectivity index (χ2v) is 7.21. The summed E-state index contributed by atoms with van der Waals surface area (Å²) in [4.78, 5) is 16.5. The van der Waals surface area contributed by atoms with E-state index in [0.29, 0.717) is 26.2 Å². The quantitative estimate of drug-likeness (QED) is 0.902. The van der Waals surface area contributed by atoms with Gasteiger partial charge < -0.3 is 15.5 Å². The first-order valence-corrected chi connectivity index (χ1v) is 8.66. The van der Waals surface area contributed by atoms with Gasteiger partial charge in [0.05, 0.1) is 11.6 Å². The van der Waals surface area contributed by atoms with Gasteiger partial charge in [0.15, 0.2) is 0 Å². The number of nitrogens with zero attached hydrogens (tertiary/aromatic N) is 2. The average Bonchev–Trinajstić information content (AvgIpc) is 2.56. The highest BCUT2D eigenvalue weighted by atomic mass is 19.1. The van der Waals surface area contributed by atoms with Crippen LogP contribution in [0.2, 0.25) is 0 Å². The van der Waals surface area contributed by atoms with Gasteiger partial charge in [-0.3, -0.25) is 4.79 Å². The number of benzene rings is 1. The van der Waals surface area contributed by atoms with Crippen LogP contribution in [0.25, 0.3) is 0 Å². The zero-order valence-corrected chi connectivity index (χ0v) is 14.1. The molecule has 2 atom stereocenters. The molecule has 2 N–H and O–H groups in total. The maximum atomic E-state index is 13.9. The van der Waals surface area contributed by atoms with Crippen molar-refractivity contribution in [3.8, 4) is 0 Å². The predicted octanol–water partition coefficient (Wildman–Crippen LogP) is 2.52. The molecule has 24 heavy (non-hydrogen) atoms. The Bertz CT molecular complexity index is 612. The molecule has 1 aromatic rings. The van der Waals surface area contributed by atoms with Gasteiger partial charge in [0, 0.05) is 37.8 Å². The Morgan fingerprint density at radius 3 is 2.58 bits per heavy atom. The van der Waals surface area contributed by atoms with Crippen molar-refractivity contribution in [2.75, 3.05) is 31.1 Å². The molecule has 0 spiro atoms. The SMILES string of the molecule is CC1(N)CCCCC1C(=O)N1CCN(c2cc(F)ccc2F)CC1. The highest BCUT2D eigenvalue weighted by Crippen LogP contribution is 2.33. The number of rotatable bonds is 2. The van der Waals surface area contributed by atoms with Gasteiger partial charge in [0.25, 0.3) is 0 Å². The van der Waals surface area contributed by atoms with Crippen molar-refractivity contribution in [1.29, 1.82) is 0 Å². The van der Waals surface area contributed by atoms with Gasteiger partial charge in [-0.2, -0.15) is 0 Å². The zero-order valence-electron chi connectivity index (χ0n) is 14.1. The summed E-state index contributed by atoms with van der Waals surface area (Å²) >= 11 is 0. The van der Waals surface area contributed by atoms with Crippen molar-refractivity contribution in [2.45, 2.75) is 38.1 Å².